The van der Waals surface area contributed by atoms with Gasteiger partial charge in [-0.15, -0.1) is 0 Å². The Labute approximate surface area is 110 Å². The molecule has 1 aromatic carbocycles. The van der Waals surface area contributed by atoms with E-state index in [1.165, 1.54) is 0 Å². The van der Waals surface area contributed by atoms with Crippen LogP contribution in [-0.2, 0) is 11.3 Å². The summed E-state index contributed by atoms with van der Waals surface area (Å²) in [6, 6.07) is 10.0. The molecule has 98 valence electrons. The molecule has 2 heteroatoms. The highest BCUT2D eigenvalue weighted by Gasteiger charge is 2.16. The lowest BCUT2D eigenvalue weighted by molar-refractivity contribution is 0.148. The first kappa shape index (κ1) is 14.8. The van der Waals surface area contributed by atoms with Gasteiger partial charge in [-0.05, 0) is 32.8 Å². The maximum atomic E-state index is 9.34. The maximum Gasteiger partial charge on any atom is 0.108 e. The summed E-state index contributed by atoms with van der Waals surface area (Å²) in [5.74, 6) is 6.16. The van der Waals surface area contributed by atoms with E-state index in [1.807, 2.05) is 44.2 Å². The fourth-order valence-electron chi connectivity index (χ4n) is 1.86. The van der Waals surface area contributed by atoms with Crippen LogP contribution in [0.15, 0.2) is 30.3 Å². The Bertz CT molecular complexity index is 396. The van der Waals surface area contributed by atoms with Crippen molar-refractivity contribution in [3.8, 4) is 11.8 Å². The van der Waals surface area contributed by atoms with Gasteiger partial charge in [0.05, 0.1) is 12.7 Å². The first-order chi connectivity index (χ1) is 8.49. The van der Waals surface area contributed by atoms with Gasteiger partial charge in [0.1, 0.15) is 6.61 Å². The molecule has 0 spiro atoms. The van der Waals surface area contributed by atoms with Crippen LogP contribution in [0.1, 0.15) is 32.8 Å². The van der Waals surface area contributed by atoms with E-state index < -0.39 is 0 Å². The summed E-state index contributed by atoms with van der Waals surface area (Å²) in [5.41, 5.74) is 0.993. The predicted octanol–water partition coefficient (Wildman–Crippen LogP) is 3.00. The van der Waals surface area contributed by atoms with E-state index in [2.05, 4.69) is 11.8 Å². The summed E-state index contributed by atoms with van der Waals surface area (Å²) >= 11 is 0. The Hall–Kier alpha value is -1.30. The van der Waals surface area contributed by atoms with Crippen LogP contribution in [0, 0.1) is 17.3 Å². The van der Waals surface area contributed by atoms with Crippen molar-refractivity contribution in [2.75, 3.05) is 6.61 Å². The molecule has 1 rings (SSSR count). The van der Waals surface area contributed by atoms with Crippen molar-refractivity contribution in [2.24, 2.45) is 5.41 Å². The van der Waals surface area contributed by atoms with Crippen molar-refractivity contribution in [3.63, 3.8) is 0 Å². The molecule has 0 aliphatic rings. The average molecular weight is 246 g/mol. The van der Waals surface area contributed by atoms with Gasteiger partial charge in [0.25, 0.3) is 0 Å². The molecule has 1 N–H and O–H groups in total. The molecular weight excluding hydrogens is 224 g/mol. The highest BCUT2D eigenvalue weighted by molar-refractivity contribution is 5.14. The van der Waals surface area contributed by atoms with Crippen molar-refractivity contribution >= 4 is 0 Å². The molecular formula is C16H22O2. The molecule has 0 aliphatic heterocycles. The lowest BCUT2D eigenvalue weighted by Gasteiger charge is -2.18. The summed E-state index contributed by atoms with van der Waals surface area (Å²) in [5, 5.41) is 9.34. The van der Waals surface area contributed by atoms with Crippen LogP contribution < -0.4 is 0 Å². The monoisotopic (exact) mass is 246 g/mol. The molecule has 18 heavy (non-hydrogen) atoms. The zero-order valence-electron chi connectivity index (χ0n) is 11.4. The Balaban J connectivity index is 2.30. The molecule has 0 fully saturated rings. The van der Waals surface area contributed by atoms with E-state index in [0.29, 0.717) is 19.6 Å². The number of ether oxygens (including phenoxy) is 1. The SMILES string of the molecule is CC(O)CC(C)(C)C#CCOCc1ccccc1. The normalized spacial score (nSPS) is 12.7. The first-order valence-corrected chi connectivity index (χ1v) is 6.29. The fraction of sp³-hybridized carbons (Fsp3) is 0.500. The van der Waals surface area contributed by atoms with E-state index in [4.69, 9.17) is 4.74 Å². The van der Waals surface area contributed by atoms with Crippen LogP contribution in [0.5, 0.6) is 0 Å². The Morgan fingerprint density at radius 1 is 1.28 bits per heavy atom. The average Bonchev–Trinajstić information content (AvgIpc) is 2.28. The summed E-state index contributed by atoms with van der Waals surface area (Å²) in [7, 11) is 0. The predicted molar refractivity (Wildman–Crippen MR) is 74.0 cm³/mol. The van der Waals surface area contributed by atoms with Crippen molar-refractivity contribution in [2.45, 2.75) is 39.9 Å². The maximum absolute atomic E-state index is 9.34. The minimum Gasteiger partial charge on any atom is -0.393 e. The van der Waals surface area contributed by atoms with Gasteiger partial charge in [-0.3, -0.25) is 0 Å². The fourth-order valence-corrected chi connectivity index (χ4v) is 1.86. The Kier molecular flexibility index (Phi) is 5.91. The van der Waals surface area contributed by atoms with Crippen LogP contribution in [0.3, 0.4) is 0 Å². The minimum absolute atomic E-state index is 0.162. The molecule has 0 radical (unpaired) electrons. The minimum atomic E-state index is -0.320. The van der Waals surface area contributed by atoms with Crippen molar-refractivity contribution in [3.05, 3.63) is 35.9 Å². The molecule has 0 saturated carbocycles. The third-order valence-electron chi connectivity index (χ3n) is 2.52. The van der Waals surface area contributed by atoms with Crippen LogP contribution >= 0.6 is 0 Å². The van der Waals surface area contributed by atoms with Crippen LogP contribution in [0.25, 0.3) is 0 Å². The second kappa shape index (κ2) is 7.20. The Morgan fingerprint density at radius 3 is 2.56 bits per heavy atom. The van der Waals surface area contributed by atoms with Crippen LogP contribution in [0.4, 0.5) is 0 Å². The van der Waals surface area contributed by atoms with Gasteiger partial charge < -0.3 is 9.84 Å². The number of aliphatic hydroxyl groups excluding tert-OH is 1. The largest absolute Gasteiger partial charge is 0.393 e. The second-order valence-electron chi connectivity index (χ2n) is 5.22. The number of hydrogen-bond donors (Lipinski definition) is 1. The molecule has 1 aromatic rings. The third-order valence-corrected chi connectivity index (χ3v) is 2.52. The van der Waals surface area contributed by atoms with E-state index in [9.17, 15) is 5.11 Å². The van der Waals surface area contributed by atoms with Crippen molar-refractivity contribution in [1.82, 2.24) is 0 Å². The smallest absolute Gasteiger partial charge is 0.108 e. The molecule has 1 unspecified atom stereocenters. The summed E-state index contributed by atoms with van der Waals surface area (Å²) < 4.78 is 5.48. The van der Waals surface area contributed by atoms with Gasteiger partial charge >= 0.3 is 0 Å². The van der Waals surface area contributed by atoms with E-state index in [1.54, 1.807) is 6.92 Å². The van der Waals surface area contributed by atoms with Gasteiger partial charge in [0.15, 0.2) is 0 Å². The van der Waals surface area contributed by atoms with Gasteiger partial charge in [0.2, 0.25) is 0 Å². The third kappa shape index (κ3) is 6.44. The van der Waals surface area contributed by atoms with Crippen molar-refractivity contribution < 1.29 is 9.84 Å². The van der Waals surface area contributed by atoms with E-state index in [-0.39, 0.29) is 11.5 Å². The number of aliphatic hydroxyl groups is 1. The van der Waals surface area contributed by atoms with E-state index in [0.717, 1.165) is 5.56 Å². The lowest BCUT2D eigenvalue weighted by atomic mass is 9.88. The lowest BCUT2D eigenvalue weighted by Crippen LogP contribution is -2.16. The van der Waals surface area contributed by atoms with Gasteiger partial charge in [-0.25, -0.2) is 0 Å². The summed E-state index contributed by atoms with van der Waals surface area (Å²) in [4.78, 5) is 0. The Morgan fingerprint density at radius 2 is 1.94 bits per heavy atom. The number of benzene rings is 1. The standard InChI is InChI=1S/C16H22O2/c1-14(17)12-16(2,3)10-7-11-18-13-15-8-5-4-6-9-15/h4-6,8-9,14,17H,11-13H2,1-3H3. The highest BCUT2D eigenvalue weighted by Crippen LogP contribution is 2.20. The van der Waals surface area contributed by atoms with E-state index >= 15 is 0 Å². The molecule has 0 aliphatic carbocycles. The molecule has 0 heterocycles. The van der Waals surface area contributed by atoms with Gasteiger partial charge in [0, 0.05) is 5.41 Å². The van der Waals surface area contributed by atoms with Gasteiger partial charge in [-0.1, -0.05) is 42.2 Å². The molecule has 0 amide bonds. The zero-order valence-corrected chi connectivity index (χ0v) is 11.4. The summed E-state index contributed by atoms with van der Waals surface area (Å²) in [6.45, 7) is 6.87. The molecule has 1 atom stereocenters. The zero-order chi connectivity index (χ0) is 13.4. The second-order valence-corrected chi connectivity index (χ2v) is 5.22. The van der Waals surface area contributed by atoms with Crippen LogP contribution in [0.2, 0.25) is 0 Å². The van der Waals surface area contributed by atoms with Gasteiger partial charge in [-0.2, -0.15) is 0 Å². The molecule has 0 aromatic heterocycles. The first-order valence-electron chi connectivity index (χ1n) is 6.29. The summed E-state index contributed by atoms with van der Waals surface area (Å²) in [6.07, 6.45) is 0.359. The number of rotatable bonds is 5. The molecule has 0 bridgehead atoms. The van der Waals surface area contributed by atoms with Crippen LogP contribution in [-0.4, -0.2) is 17.8 Å². The quantitative estimate of drug-likeness (QED) is 0.639. The molecule has 2 nitrogen and oxygen atoms in total. The van der Waals surface area contributed by atoms with Crippen molar-refractivity contribution in [1.29, 1.82) is 0 Å². The topological polar surface area (TPSA) is 29.5 Å². The number of hydrogen-bond acceptors (Lipinski definition) is 2. The highest BCUT2D eigenvalue weighted by atomic mass is 16.5. The molecule has 0 saturated heterocycles.